The Morgan fingerprint density at radius 1 is 1.44 bits per heavy atom. The van der Waals surface area contributed by atoms with Crippen LogP contribution in [-0.2, 0) is 0 Å². The number of rotatable bonds is 4. The Morgan fingerprint density at radius 2 is 2.22 bits per heavy atom. The molecule has 2 rings (SSSR count). The summed E-state index contributed by atoms with van der Waals surface area (Å²) in [5.41, 5.74) is 2.52. The smallest absolute Gasteiger partial charge is 0.130 e. The summed E-state index contributed by atoms with van der Waals surface area (Å²) >= 11 is 1.68. The van der Waals surface area contributed by atoms with Gasteiger partial charge in [0.2, 0.25) is 0 Å². The lowest BCUT2D eigenvalue weighted by Crippen LogP contribution is -2.18. The molecule has 0 bridgehead atoms. The van der Waals surface area contributed by atoms with Crippen LogP contribution in [0, 0.1) is 19.8 Å². The highest BCUT2D eigenvalue weighted by molar-refractivity contribution is 7.98. The van der Waals surface area contributed by atoms with Crippen molar-refractivity contribution < 1.29 is 5.11 Å². The lowest BCUT2D eigenvalue weighted by Gasteiger charge is -2.17. The van der Waals surface area contributed by atoms with E-state index in [4.69, 9.17) is 0 Å². The van der Waals surface area contributed by atoms with E-state index in [1.807, 2.05) is 0 Å². The summed E-state index contributed by atoms with van der Waals surface area (Å²) in [7, 11) is 0. The maximum absolute atomic E-state index is 9.18. The van der Waals surface area contributed by atoms with Crippen LogP contribution >= 0.6 is 11.8 Å². The number of nitrogens with one attached hydrogen (secondary N) is 1. The first-order valence-electron chi connectivity index (χ1n) is 6.53. The number of aliphatic hydroxyl groups is 1. The van der Waals surface area contributed by atoms with E-state index in [2.05, 4.69) is 36.5 Å². The molecule has 0 aliphatic heterocycles. The van der Waals surface area contributed by atoms with Crippen molar-refractivity contribution in [2.75, 3.05) is 18.2 Å². The first kappa shape index (κ1) is 13.7. The number of anilines is 1. The molecule has 1 aliphatic rings. The second kappa shape index (κ2) is 5.93. The van der Waals surface area contributed by atoms with Crippen LogP contribution in [0.2, 0.25) is 0 Å². The van der Waals surface area contributed by atoms with Gasteiger partial charge in [-0.3, -0.25) is 0 Å². The number of thioether (sulfide) groups is 1. The van der Waals surface area contributed by atoms with Crippen LogP contribution in [0.4, 0.5) is 5.82 Å². The van der Waals surface area contributed by atoms with Crippen molar-refractivity contribution in [1.29, 1.82) is 0 Å². The molecule has 1 aromatic rings. The van der Waals surface area contributed by atoms with Gasteiger partial charge in [0.1, 0.15) is 5.82 Å². The second-order valence-electron chi connectivity index (χ2n) is 5.16. The molecule has 3 nitrogen and oxygen atoms in total. The fraction of sp³-hybridized carbons (Fsp3) is 0.643. The zero-order chi connectivity index (χ0) is 13.1. The van der Waals surface area contributed by atoms with Crippen LogP contribution in [0.15, 0.2) is 11.1 Å². The summed E-state index contributed by atoms with van der Waals surface area (Å²) in [5.74, 6) is 1.48. The lowest BCUT2D eigenvalue weighted by molar-refractivity contribution is 0.229. The molecule has 1 heterocycles. The van der Waals surface area contributed by atoms with Gasteiger partial charge >= 0.3 is 0 Å². The number of aryl methyl sites for hydroxylation is 1. The van der Waals surface area contributed by atoms with Gasteiger partial charge in [0, 0.05) is 12.6 Å². The fourth-order valence-corrected chi connectivity index (χ4v) is 2.99. The molecule has 2 N–H and O–H groups in total. The van der Waals surface area contributed by atoms with Gasteiger partial charge in [0.05, 0.1) is 5.03 Å². The number of hydrogen-bond donors (Lipinski definition) is 2. The van der Waals surface area contributed by atoms with E-state index in [0.29, 0.717) is 18.6 Å². The molecule has 1 saturated carbocycles. The summed E-state index contributed by atoms with van der Waals surface area (Å²) in [6.45, 7) is 4.56. The molecule has 1 aromatic heterocycles. The molecule has 0 spiro atoms. The Hall–Kier alpha value is -0.740. The zero-order valence-corrected chi connectivity index (χ0v) is 12.2. The molecule has 0 amide bonds. The summed E-state index contributed by atoms with van der Waals surface area (Å²) < 4.78 is 0. The third-order valence-corrected chi connectivity index (χ3v) is 4.49. The highest BCUT2D eigenvalue weighted by Crippen LogP contribution is 2.29. The Labute approximate surface area is 113 Å². The molecule has 2 unspecified atom stereocenters. The van der Waals surface area contributed by atoms with Gasteiger partial charge in [-0.25, -0.2) is 4.98 Å². The largest absolute Gasteiger partial charge is 0.396 e. The fourth-order valence-electron chi connectivity index (χ4n) is 2.52. The van der Waals surface area contributed by atoms with E-state index in [0.717, 1.165) is 30.1 Å². The Morgan fingerprint density at radius 3 is 2.83 bits per heavy atom. The Kier molecular flexibility index (Phi) is 4.51. The summed E-state index contributed by atoms with van der Waals surface area (Å²) in [6, 6.07) is 2.60. The number of aromatic nitrogens is 1. The minimum absolute atomic E-state index is 0.314. The van der Waals surface area contributed by atoms with Gasteiger partial charge in [0.15, 0.2) is 0 Å². The summed E-state index contributed by atoms with van der Waals surface area (Å²) in [6.07, 6.45) is 5.36. The van der Waals surface area contributed by atoms with Crippen LogP contribution < -0.4 is 5.32 Å². The standard InChI is InChI=1S/C14H22N2OS/c1-9-6-13(18-3)16-14(10(9)2)15-12-5-4-11(7-12)8-17/h6,11-12,17H,4-5,7-8H2,1-3H3,(H,15,16). The molecule has 100 valence electrons. The number of pyridine rings is 1. The predicted octanol–water partition coefficient (Wildman–Crippen LogP) is 2.99. The molecule has 0 radical (unpaired) electrons. The molecular formula is C14H22N2OS. The van der Waals surface area contributed by atoms with Crippen molar-refractivity contribution in [3.05, 3.63) is 17.2 Å². The van der Waals surface area contributed by atoms with E-state index < -0.39 is 0 Å². The van der Waals surface area contributed by atoms with Crippen molar-refractivity contribution in [2.45, 2.75) is 44.2 Å². The number of nitrogens with zero attached hydrogens (tertiary/aromatic N) is 1. The quantitative estimate of drug-likeness (QED) is 0.822. The summed E-state index contributed by atoms with van der Waals surface area (Å²) in [4.78, 5) is 4.66. The van der Waals surface area contributed by atoms with Crippen molar-refractivity contribution in [1.82, 2.24) is 4.98 Å². The molecule has 0 aromatic carbocycles. The highest BCUT2D eigenvalue weighted by atomic mass is 32.2. The van der Waals surface area contributed by atoms with Crippen molar-refractivity contribution in [3.8, 4) is 0 Å². The van der Waals surface area contributed by atoms with E-state index >= 15 is 0 Å². The minimum Gasteiger partial charge on any atom is -0.396 e. The average molecular weight is 266 g/mol. The molecule has 1 fully saturated rings. The third-order valence-electron chi connectivity index (χ3n) is 3.86. The van der Waals surface area contributed by atoms with Gasteiger partial charge in [-0.15, -0.1) is 11.8 Å². The van der Waals surface area contributed by atoms with Gasteiger partial charge < -0.3 is 10.4 Å². The lowest BCUT2D eigenvalue weighted by atomic mass is 10.1. The normalized spacial score (nSPS) is 23.3. The third kappa shape index (κ3) is 2.98. The van der Waals surface area contributed by atoms with E-state index in [-0.39, 0.29) is 0 Å². The average Bonchev–Trinajstić information content (AvgIpc) is 2.82. The Bertz CT molecular complexity index is 423. The van der Waals surface area contributed by atoms with Crippen LogP contribution in [0.25, 0.3) is 0 Å². The maximum atomic E-state index is 9.18. The van der Waals surface area contributed by atoms with Gasteiger partial charge in [-0.1, -0.05) is 0 Å². The maximum Gasteiger partial charge on any atom is 0.130 e. The SMILES string of the molecule is CSc1cc(C)c(C)c(NC2CCC(CO)C2)n1. The Balaban J connectivity index is 2.11. The molecule has 4 heteroatoms. The second-order valence-corrected chi connectivity index (χ2v) is 5.98. The molecule has 2 atom stereocenters. The van der Waals surface area contributed by atoms with E-state index in [9.17, 15) is 5.11 Å². The van der Waals surface area contributed by atoms with Crippen molar-refractivity contribution in [3.63, 3.8) is 0 Å². The molecule has 1 aliphatic carbocycles. The topological polar surface area (TPSA) is 45.1 Å². The highest BCUT2D eigenvalue weighted by Gasteiger charge is 2.24. The van der Waals surface area contributed by atoms with E-state index in [1.54, 1.807) is 11.8 Å². The van der Waals surface area contributed by atoms with Gasteiger partial charge in [0.25, 0.3) is 0 Å². The van der Waals surface area contributed by atoms with Crippen LogP contribution in [0.1, 0.15) is 30.4 Å². The molecular weight excluding hydrogens is 244 g/mol. The minimum atomic E-state index is 0.314. The van der Waals surface area contributed by atoms with Gasteiger partial charge in [-0.2, -0.15) is 0 Å². The zero-order valence-electron chi connectivity index (χ0n) is 11.4. The predicted molar refractivity (Wildman–Crippen MR) is 77.3 cm³/mol. The number of hydrogen-bond acceptors (Lipinski definition) is 4. The van der Waals surface area contributed by atoms with Crippen molar-refractivity contribution >= 4 is 17.6 Å². The summed E-state index contributed by atoms with van der Waals surface area (Å²) in [5, 5.41) is 13.8. The van der Waals surface area contributed by atoms with Crippen LogP contribution in [0.3, 0.4) is 0 Å². The number of aliphatic hydroxyl groups excluding tert-OH is 1. The first-order valence-corrected chi connectivity index (χ1v) is 7.76. The first-order chi connectivity index (χ1) is 8.63. The van der Waals surface area contributed by atoms with Gasteiger partial charge in [-0.05, 0) is 62.5 Å². The van der Waals surface area contributed by atoms with Crippen molar-refractivity contribution in [2.24, 2.45) is 5.92 Å². The van der Waals surface area contributed by atoms with Crippen LogP contribution in [0.5, 0.6) is 0 Å². The molecule has 0 saturated heterocycles. The van der Waals surface area contributed by atoms with E-state index in [1.165, 1.54) is 11.1 Å². The van der Waals surface area contributed by atoms with Crippen LogP contribution in [-0.4, -0.2) is 29.0 Å². The monoisotopic (exact) mass is 266 g/mol. The molecule has 18 heavy (non-hydrogen) atoms.